The van der Waals surface area contributed by atoms with Crippen LogP contribution in [0.15, 0.2) is 23.0 Å². The Bertz CT molecular complexity index is 873. The molecule has 1 aromatic carbocycles. The fraction of sp³-hybridized carbons (Fsp3) is 0.400. The number of fused-ring (bicyclic) bond motifs is 1. The van der Waals surface area contributed by atoms with Gasteiger partial charge >= 0.3 is 5.69 Å². The van der Waals surface area contributed by atoms with E-state index in [2.05, 4.69) is 35.4 Å². The van der Waals surface area contributed by atoms with Crippen molar-refractivity contribution in [2.75, 3.05) is 31.1 Å². The van der Waals surface area contributed by atoms with Gasteiger partial charge in [-0.15, -0.1) is 5.10 Å². The minimum Gasteiger partial charge on any atom is -0.367 e. The van der Waals surface area contributed by atoms with Crippen LogP contribution < -0.4 is 10.6 Å². The largest absolute Gasteiger partial charge is 0.367 e. The molecule has 0 amide bonds. The summed E-state index contributed by atoms with van der Waals surface area (Å²) in [5.41, 5.74) is 3.73. The maximum Gasteiger partial charge on any atom is 0.323 e. The number of aromatic amines is 2. The van der Waals surface area contributed by atoms with Crippen molar-refractivity contribution in [3.05, 3.63) is 39.3 Å². The molecule has 0 bridgehead atoms. The van der Waals surface area contributed by atoms with Crippen LogP contribution in [0.5, 0.6) is 0 Å². The molecule has 120 valence electrons. The zero-order valence-corrected chi connectivity index (χ0v) is 13.7. The van der Waals surface area contributed by atoms with E-state index < -0.39 is 0 Å². The van der Waals surface area contributed by atoms with Gasteiger partial charge in [0.25, 0.3) is 0 Å². The van der Waals surface area contributed by atoms with Gasteiger partial charge < -0.3 is 14.9 Å². The van der Waals surface area contributed by atoms with Crippen LogP contribution >= 0.6 is 11.5 Å². The normalized spacial score (nSPS) is 16.3. The quantitative estimate of drug-likeness (QED) is 0.757. The molecule has 1 aliphatic heterocycles. The lowest BCUT2D eigenvalue weighted by Gasteiger charge is -2.36. The first-order valence-corrected chi connectivity index (χ1v) is 8.44. The number of H-pyrrole nitrogens is 2. The van der Waals surface area contributed by atoms with E-state index in [9.17, 15) is 4.79 Å². The van der Waals surface area contributed by atoms with E-state index in [-0.39, 0.29) is 5.69 Å². The van der Waals surface area contributed by atoms with Crippen LogP contribution in [0.2, 0.25) is 0 Å². The van der Waals surface area contributed by atoms with Crippen molar-refractivity contribution >= 4 is 28.3 Å². The van der Waals surface area contributed by atoms with Gasteiger partial charge in [-0.3, -0.25) is 4.90 Å². The number of rotatable bonds is 3. The maximum absolute atomic E-state index is 11.5. The third kappa shape index (κ3) is 2.75. The Labute approximate surface area is 137 Å². The van der Waals surface area contributed by atoms with E-state index in [1.807, 2.05) is 19.1 Å². The second-order valence-corrected chi connectivity index (χ2v) is 6.66. The zero-order valence-electron chi connectivity index (χ0n) is 12.9. The summed E-state index contributed by atoms with van der Waals surface area (Å²) >= 11 is 1.48. The van der Waals surface area contributed by atoms with E-state index in [0.717, 1.165) is 55.1 Å². The van der Waals surface area contributed by atoms with Crippen molar-refractivity contribution in [3.63, 3.8) is 0 Å². The molecule has 1 saturated heterocycles. The van der Waals surface area contributed by atoms with Crippen molar-refractivity contribution in [2.45, 2.75) is 13.5 Å². The van der Waals surface area contributed by atoms with Crippen molar-refractivity contribution in [1.29, 1.82) is 0 Å². The number of piperazine rings is 1. The Balaban J connectivity index is 1.48. The molecule has 4 rings (SSSR count). The number of hydrogen-bond donors (Lipinski definition) is 2. The highest BCUT2D eigenvalue weighted by Crippen LogP contribution is 2.24. The van der Waals surface area contributed by atoms with Crippen LogP contribution in [0.1, 0.15) is 10.6 Å². The molecule has 0 radical (unpaired) electrons. The predicted molar refractivity (Wildman–Crippen MR) is 91.1 cm³/mol. The van der Waals surface area contributed by atoms with Crippen LogP contribution in [-0.4, -0.2) is 50.6 Å². The summed E-state index contributed by atoms with van der Waals surface area (Å²) in [4.78, 5) is 23.3. The Hall–Kier alpha value is -2.19. The Morgan fingerprint density at radius 2 is 2.04 bits per heavy atom. The summed E-state index contributed by atoms with van der Waals surface area (Å²) in [6.07, 6.45) is 0. The van der Waals surface area contributed by atoms with Gasteiger partial charge in [-0.05, 0) is 30.6 Å². The molecule has 3 aromatic rings. The number of anilines is 1. The molecule has 0 atom stereocenters. The van der Waals surface area contributed by atoms with Gasteiger partial charge in [0, 0.05) is 32.7 Å². The average molecular weight is 330 g/mol. The average Bonchev–Trinajstić information content (AvgIpc) is 3.13. The second-order valence-electron chi connectivity index (χ2n) is 5.82. The minimum atomic E-state index is -0.153. The summed E-state index contributed by atoms with van der Waals surface area (Å²) in [6.45, 7) is 6.79. The molecule has 2 aromatic heterocycles. The number of imidazole rings is 1. The van der Waals surface area contributed by atoms with Crippen molar-refractivity contribution in [3.8, 4) is 0 Å². The summed E-state index contributed by atoms with van der Waals surface area (Å²) in [7, 11) is 0. The third-order valence-electron chi connectivity index (χ3n) is 4.35. The topological polar surface area (TPSA) is 80.9 Å². The van der Waals surface area contributed by atoms with E-state index in [1.54, 1.807) is 0 Å². The molecule has 0 aliphatic carbocycles. The standard InChI is InChI=1S/C15H18N6OS/c1-10-13(23-19-18-10)9-20-5-7-21(8-6-20)12-4-2-3-11-14(12)17-15(22)16-11/h2-4H,5-9H2,1H3,(H2,16,17,22). The summed E-state index contributed by atoms with van der Waals surface area (Å²) in [5.74, 6) is 0. The van der Waals surface area contributed by atoms with Gasteiger partial charge in [-0.1, -0.05) is 10.6 Å². The van der Waals surface area contributed by atoms with Gasteiger partial charge in [-0.25, -0.2) is 4.79 Å². The number of aryl methyl sites for hydroxylation is 1. The van der Waals surface area contributed by atoms with Crippen LogP contribution in [0.25, 0.3) is 11.0 Å². The first-order valence-electron chi connectivity index (χ1n) is 7.67. The number of benzene rings is 1. The smallest absolute Gasteiger partial charge is 0.323 e. The molecule has 1 aliphatic rings. The fourth-order valence-corrected chi connectivity index (χ4v) is 3.73. The van der Waals surface area contributed by atoms with Crippen LogP contribution in [-0.2, 0) is 6.54 Å². The zero-order chi connectivity index (χ0) is 15.8. The van der Waals surface area contributed by atoms with Crippen molar-refractivity contribution in [1.82, 2.24) is 24.5 Å². The molecule has 8 heteroatoms. The van der Waals surface area contributed by atoms with Gasteiger partial charge in [0.05, 0.1) is 27.3 Å². The lowest BCUT2D eigenvalue weighted by molar-refractivity contribution is 0.251. The number of para-hydroxylation sites is 1. The van der Waals surface area contributed by atoms with Gasteiger partial charge in [-0.2, -0.15) is 0 Å². The molecule has 0 spiro atoms. The third-order valence-corrected chi connectivity index (χ3v) is 5.16. The second kappa shape index (κ2) is 5.78. The van der Waals surface area contributed by atoms with Gasteiger partial charge in [0.1, 0.15) is 0 Å². The first kappa shape index (κ1) is 14.4. The highest BCUT2D eigenvalue weighted by Gasteiger charge is 2.20. The molecule has 23 heavy (non-hydrogen) atoms. The maximum atomic E-state index is 11.5. The Kier molecular flexibility index (Phi) is 3.62. The Morgan fingerprint density at radius 1 is 1.22 bits per heavy atom. The van der Waals surface area contributed by atoms with Crippen molar-refractivity contribution < 1.29 is 0 Å². The number of hydrogen-bond acceptors (Lipinski definition) is 6. The number of aromatic nitrogens is 4. The van der Waals surface area contributed by atoms with E-state index in [0.29, 0.717) is 0 Å². The predicted octanol–water partition coefficient (Wildman–Crippen LogP) is 1.34. The van der Waals surface area contributed by atoms with E-state index >= 15 is 0 Å². The SMILES string of the molecule is Cc1nnsc1CN1CCN(c2cccc3[nH]c(=O)[nH]c23)CC1. The lowest BCUT2D eigenvalue weighted by atomic mass is 10.2. The van der Waals surface area contributed by atoms with Gasteiger partial charge in [0.15, 0.2) is 0 Å². The van der Waals surface area contributed by atoms with E-state index in [1.165, 1.54) is 16.4 Å². The number of nitrogens with one attached hydrogen (secondary N) is 2. The van der Waals surface area contributed by atoms with Crippen LogP contribution in [0.4, 0.5) is 5.69 Å². The van der Waals surface area contributed by atoms with Crippen molar-refractivity contribution in [2.24, 2.45) is 0 Å². The lowest BCUT2D eigenvalue weighted by Crippen LogP contribution is -2.46. The molecular weight excluding hydrogens is 312 g/mol. The monoisotopic (exact) mass is 330 g/mol. The molecule has 1 fully saturated rings. The minimum absolute atomic E-state index is 0.153. The molecule has 0 unspecified atom stereocenters. The summed E-state index contributed by atoms with van der Waals surface area (Å²) in [5, 5.41) is 4.08. The molecule has 0 saturated carbocycles. The summed E-state index contributed by atoms with van der Waals surface area (Å²) in [6, 6.07) is 5.98. The van der Waals surface area contributed by atoms with E-state index in [4.69, 9.17) is 0 Å². The van der Waals surface area contributed by atoms with Gasteiger partial charge in [0.2, 0.25) is 0 Å². The fourth-order valence-electron chi connectivity index (χ4n) is 3.05. The molecule has 3 heterocycles. The first-order chi connectivity index (χ1) is 11.2. The van der Waals surface area contributed by atoms with Crippen LogP contribution in [0.3, 0.4) is 0 Å². The molecule has 7 nitrogen and oxygen atoms in total. The number of nitrogens with zero attached hydrogens (tertiary/aromatic N) is 4. The Morgan fingerprint density at radius 3 is 2.78 bits per heavy atom. The highest BCUT2D eigenvalue weighted by molar-refractivity contribution is 7.05. The molecule has 2 N–H and O–H groups in total. The molecular formula is C15H18N6OS. The summed E-state index contributed by atoms with van der Waals surface area (Å²) < 4.78 is 4.00. The highest BCUT2D eigenvalue weighted by atomic mass is 32.1. The van der Waals surface area contributed by atoms with Crippen LogP contribution in [0, 0.1) is 6.92 Å².